The Kier molecular flexibility index (Phi) is 5.62. The zero-order valence-electron chi connectivity index (χ0n) is 16.4. The van der Waals surface area contributed by atoms with Crippen LogP contribution in [0.3, 0.4) is 0 Å². The molecule has 162 valence electrons. The van der Waals surface area contributed by atoms with Crippen molar-refractivity contribution >= 4 is 23.3 Å². The third-order valence-electron chi connectivity index (χ3n) is 5.17. The van der Waals surface area contributed by atoms with Crippen LogP contribution in [-0.2, 0) is 6.54 Å². The average molecular weight is 450 g/mol. The lowest BCUT2D eigenvalue weighted by atomic mass is 9.96. The summed E-state index contributed by atoms with van der Waals surface area (Å²) in [7, 11) is 0. The SMILES string of the molecule is Cc1ccc([C@@H]2C[C@H](C(F)(F)F)n3nc(C(=O)NCc4cccnc4)c(Cl)c3N2)cc1. The average Bonchev–Trinajstić information content (AvgIpc) is 3.08. The summed E-state index contributed by atoms with van der Waals surface area (Å²) in [5.41, 5.74) is 2.18. The van der Waals surface area contributed by atoms with Crippen molar-refractivity contribution in [3.05, 3.63) is 76.2 Å². The van der Waals surface area contributed by atoms with Gasteiger partial charge in [0.15, 0.2) is 11.7 Å². The number of amides is 1. The second-order valence-corrected chi connectivity index (χ2v) is 7.78. The number of carbonyl (C=O) groups excluding carboxylic acids is 1. The molecule has 2 aromatic heterocycles. The number of anilines is 1. The van der Waals surface area contributed by atoms with Crippen molar-refractivity contribution in [3.8, 4) is 0 Å². The van der Waals surface area contributed by atoms with Crippen molar-refractivity contribution in [3.63, 3.8) is 0 Å². The molecule has 1 aliphatic rings. The van der Waals surface area contributed by atoms with Gasteiger partial charge in [0.1, 0.15) is 10.8 Å². The summed E-state index contributed by atoms with van der Waals surface area (Å²) in [6, 6.07) is 8.18. The predicted molar refractivity (Wildman–Crippen MR) is 110 cm³/mol. The molecule has 10 heteroatoms. The van der Waals surface area contributed by atoms with Crippen LogP contribution in [-0.4, -0.2) is 26.8 Å². The molecule has 0 spiro atoms. The van der Waals surface area contributed by atoms with Crippen LogP contribution in [0.2, 0.25) is 5.02 Å². The van der Waals surface area contributed by atoms with E-state index in [1.165, 1.54) is 0 Å². The lowest BCUT2D eigenvalue weighted by Crippen LogP contribution is -2.35. The second-order valence-electron chi connectivity index (χ2n) is 7.40. The highest BCUT2D eigenvalue weighted by molar-refractivity contribution is 6.36. The molecule has 0 bridgehead atoms. The van der Waals surface area contributed by atoms with Gasteiger partial charge < -0.3 is 10.6 Å². The Morgan fingerprint density at radius 3 is 2.68 bits per heavy atom. The number of nitrogens with one attached hydrogen (secondary N) is 2. The minimum absolute atomic E-state index is 0.0210. The molecule has 0 unspecified atom stereocenters. The number of aryl methyl sites for hydroxylation is 1. The van der Waals surface area contributed by atoms with E-state index < -0.39 is 24.2 Å². The first kappa shape index (κ1) is 21.2. The highest BCUT2D eigenvalue weighted by Gasteiger charge is 2.47. The van der Waals surface area contributed by atoms with E-state index in [9.17, 15) is 18.0 Å². The summed E-state index contributed by atoms with van der Waals surface area (Å²) >= 11 is 6.33. The Labute approximate surface area is 181 Å². The topological polar surface area (TPSA) is 71.8 Å². The summed E-state index contributed by atoms with van der Waals surface area (Å²) in [6.07, 6.45) is -1.65. The molecule has 0 aliphatic carbocycles. The van der Waals surface area contributed by atoms with Crippen LogP contribution in [0.4, 0.5) is 19.0 Å². The maximum Gasteiger partial charge on any atom is 0.410 e. The van der Waals surface area contributed by atoms with Gasteiger partial charge in [-0.2, -0.15) is 18.3 Å². The zero-order chi connectivity index (χ0) is 22.2. The number of nitrogens with zero attached hydrogens (tertiary/aromatic N) is 3. The number of benzene rings is 1. The Balaban J connectivity index is 1.64. The first-order chi connectivity index (χ1) is 14.7. The molecule has 2 N–H and O–H groups in total. The molecule has 1 amide bonds. The number of pyridine rings is 1. The molecule has 3 heterocycles. The van der Waals surface area contributed by atoms with Crippen molar-refractivity contribution < 1.29 is 18.0 Å². The van der Waals surface area contributed by atoms with Gasteiger partial charge in [-0.05, 0) is 24.1 Å². The predicted octanol–water partition coefficient (Wildman–Crippen LogP) is 4.83. The molecule has 31 heavy (non-hydrogen) atoms. The van der Waals surface area contributed by atoms with E-state index in [2.05, 4.69) is 20.7 Å². The third kappa shape index (κ3) is 4.36. The number of aromatic nitrogens is 3. The van der Waals surface area contributed by atoms with E-state index >= 15 is 0 Å². The lowest BCUT2D eigenvalue weighted by molar-refractivity contribution is -0.173. The number of fused-ring (bicyclic) bond motifs is 1. The number of rotatable bonds is 4. The van der Waals surface area contributed by atoms with Crippen LogP contribution >= 0.6 is 11.6 Å². The van der Waals surface area contributed by atoms with Gasteiger partial charge in [0.05, 0.1) is 6.04 Å². The van der Waals surface area contributed by atoms with Gasteiger partial charge >= 0.3 is 6.18 Å². The summed E-state index contributed by atoms with van der Waals surface area (Å²) in [6.45, 7) is 2.05. The molecular formula is C21H19ClF3N5O. The number of halogens is 4. The van der Waals surface area contributed by atoms with Gasteiger partial charge in [0.25, 0.3) is 5.91 Å². The van der Waals surface area contributed by atoms with Gasteiger partial charge in [-0.25, -0.2) is 4.68 Å². The Hall–Kier alpha value is -3.07. The minimum atomic E-state index is -4.56. The fraction of sp³-hybridized carbons (Fsp3) is 0.286. The van der Waals surface area contributed by atoms with Crippen LogP contribution in [0.15, 0.2) is 48.8 Å². The maximum atomic E-state index is 13.8. The number of carbonyl (C=O) groups is 1. The number of hydrogen-bond acceptors (Lipinski definition) is 4. The van der Waals surface area contributed by atoms with Crippen LogP contribution in [0.5, 0.6) is 0 Å². The van der Waals surface area contributed by atoms with Crippen molar-refractivity contribution in [1.82, 2.24) is 20.1 Å². The van der Waals surface area contributed by atoms with Crippen molar-refractivity contribution in [1.29, 1.82) is 0 Å². The lowest BCUT2D eigenvalue weighted by Gasteiger charge is -2.33. The van der Waals surface area contributed by atoms with Crippen LogP contribution < -0.4 is 10.6 Å². The first-order valence-corrected chi connectivity index (χ1v) is 9.96. The fourth-order valence-corrected chi connectivity index (χ4v) is 3.79. The van der Waals surface area contributed by atoms with E-state index in [0.717, 1.165) is 15.8 Å². The molecule has 2 atom stereocenters. The van der Waals surface area contributed by atoms with Crippen LogP contribution in [0, 0.1) is 6.92 Å². The van der Waals surface area contributed by atoms with Gasteiger partial charge in [-0.15, -0.1) is 0 Å². The molecule has 4 rings (SSSR count). The third-order valence-corrected chi connectivity index (χ3v) is 5.52. The zero-order valence-corrected chi connectivity index (χ0v) is 17.2. The van der Waals surface area contributed by atoms with Crippen molar-refractivity contribution in [2.45, 2.75) is 38.1 Å². The van der Waals surface area contributed by atoms with Gasteiger partial charge in [0.2, 0.25) is 0 Å². The molecule has 6 nitrogen and oxygen atoms in total. The number of alkyl halides is 3. The molecule has 3 aromatic rings. The van der Waals surface area contributed by atoms with Crippen molar-refractivity contribution in [2.75, 3.05) is 5.32 Å². The van der Waals surface area contributed by atoms with E-state index in [-0.39, 0.29) is 29.5 Å². The highest BCUT2D eigenvalue weighted by Crippen LogP contribution is 2.46. The molecule has 1 aromatic carbocycles. The molecule has 0 fully saturated rings. The monoisotopic (exact) mass is 449 g/mol. The standard InChI is InChI=1S/C21H19ClF3N5O/c1-12-4-6-14(7-5-12)15-9-16(21(23,24)25)30-19(28-15)17(22)18(29-30)20(31)27-11-13-3-2-8-26-10-13/h2-8,10,15-16,28H,9,11H2,1H3,(H,27,31)/t15-,16+/m0/s1. The minimum Gasteiger partial charge on any atom is -0.362 e. The highest BCUT2D eigenvalue weighted by atomic mass is 35.5. The van der Waals surface area contributed by atoms with E-state index in [1.54, 1.807) is 36.7 Å². The molecular weight excluding hydrogens is 431 g/mol. The second kappa shape index (κ2) is 8.22. The summed E-state index contributed by atoms with van der Waals surface area (Å²) in [5, 5.41) is 9.43. The Morgan fingerprint density at radius 1 is 1.29 bits per heavy atom. The smallest absolute Gasteiger partial charge is 0.362 e. The summed E-state index contributed by atoms with van der Waals surface area (Å²) in [5.74, 6) is -0.683. The quantitative estimate of drug-likeness (QED) is 0.598. The van der Waals surface area contributed by atoms with Gasteiger partial charge in [-0.1, -0.05) is 47.5 Å². The van der Waals surface area contributed by atoms with E-state index in [0.29, 0.717) is 5.56 Å². The fourth-order valence-electron chi connectivity index (χ4n) is 3.52. The summed E-state index contributed by atoms with van der Waals surface area (Å²) in [4.78, 5) is 16.6. The van der Waals surface area contributed by atoms with E-state index in [4.69, 9.17) is 11.6 Å². The van der Waals surface area contributed by atoms with Crippen molar-refractivity contribution in [2.24, 2.45) is 0 Å². The number of hydrogen-bond donors (Lipinski definition) is 2. The molecule has 0 radical (unpaired) electrons. The first-order valence-electron chi connectivity index (χ1n) is 9.59. The van der Waals surface area contributed by atoms with Gasteiger partial charge in [-0.3, -0.25) is 9.78 Å². The molecule has 0 saturated carbocycles. The van der Waals surface area contributed by atoms with Gasteiger partial charge in [0, 0.05) is 25.4 Å². The Bertz CT molecular complexity index is 1080. The Morgan fingerprint density at radius 2 is 2.03 bits per heavy atom. The maximum absolute atomic E-state index is 13.8. The summed E-state index contributed by atoms with van der Waals surface area (Å²) < 4.78 is 42.3. The molecule has 0 saturated heterocycles. The normalized spacial score (nSPS) is 18.2. The van der Waals surface area contributed by atoms with E-state index in [1.807, 2.05) is 19.1 Å². The molecule has 1 aliphatic heterocycles. The van der Waals surface area contributed by atoms with Crippen LogP contribution in [0.25, 0.3) is 0 Å². The van der Waals surface area contributed by atoms with Crippen LogP contribution in [0.1, 0.15) is 45.7 Å². The largest absolute Gasteiger partial charge is 0.410 e.